The zero-order valence-electron chi connectivity index (χ0n) is 14.6. The predicted octanol–water partition coefficient (Wildman–Crippen LogP) is 4.23. The van der Waals surface area contributed by atoms with E-state index in [0.717, 1.165) is 12.0 Å². The molecular weight excluding hydrogens is 278 g/mol. The molecule has 0 saturated carbocycles. The smallest absolute Gasteiger partial charge is 0.412 e. The van der Waals surface area contributed by atoms with E-state index < -0.39 is 11.7 Å². The molecule has 0 spiro atoms. The monoisotopic (exact) mass is 307 g/mol. The van der Waals surface area contributed by atoms with Gasteiger partial charge in [0.05, 0.1) is 0 Å². The molecule has 0 aliphatic carbocycles. The van der Waals surface area contributed by atoms with Gasteiger partial charge in [-0.05, 0) is 56.2 Å². The maximum absolute atomic E-state index is 11.8. The molecule has 1 rings (SSSR count). The Kier molecular flexibility index (Phi) is 6.00. The van der Waals surface area contributed by atoms with Gasteiger partial charge in [-0.1, -0.05) is 32.9 Å². The number of carbonyl (C=O) groups excluding carboxylic acids is 1. The van der Waals surface area contributed by atoms with Crippen LogP contribution in [0.15, 0.2) is 24.3 Å². The third kappa shape index (κ3) is 6.48. The highest BCUT2D eigenvalue weighted by Crippen LogP contribution is 2.29. The molecule has 0 radical (unpaired) electrons. The molecule has 0 bridgehead atoms. The van der Waals surface area contributed by atoms with Crippen molar-refractivity contribution in [3.05, 3.63) is 29.8 Å². The fourth-order valence-corrected chi connectivity index (χ4v) is 2.13. The first kappa shape index (κ1) is 18.5. The van der Waals surface area contributed by atoms with Crippen LogP contribution in [0.4, 0.5) is 10.5 Å². The number of hydrogen-bond donors (Lipinski definition) is 2. The maximum atomic E-state index is 11.8. The van der Waals surface area contributed by atoms with E-state index in [-0.39, 0.29) is 17.9 Å². The molecular formula is C18H29NO3. The van der Waals surface area contributed by atoms with Crippen LogP contribution < -0.4 is 5.32 Å². The van der Waals surface area contributed by atoms with Gasteiger partial charge in [0.25, 0.3) is 0 Å². The highest BCUT2D eigenvalue weighted by molar-refractivity contribution is 5.84. The molecule has 0 aromatic heterocycles. The van der Waals surface area contributed by atoms with Crippen LogP contribution >= 0.6 is 0 Å². The lowest BCUT2D eigenvalue weighted by Gasteiger charge is -2.29. The molecule has 0 saturated heterocycles. The molecule has 1 unspecified atom stereocenters. The first-order valence-electron chi connectivity index (χ1n) is 7.71. The number of amides is 1. The second-order valence-electron chi connectivity index (χ2n) is 7.78. The number of carbonyl (C=O) groups is 1. The quantitative estimate of drug-likeness (QED) is 0.875. The molecule has 0 fully saturated rings. The summed E-state index contributed by atoms with van der Waals surface area (Å²) in [6.45, 7) is 12.0. The predicted molar refractivity (Wildman–Crippen MR) is 90.0 cm³/mol. The Morgan fingerprint density at radius 2 is 1.86 bits per heavy atom. The van der Waals surface area contributed by atoms with Crippen molar-refractivity contribution in [1.29, 1.82) is 0 Å². The number of ether oxygens (including phenoxy) is 1. The van der Waals surface area contributed by atoms with E-state index in [1.54, 1.807) is 0 Å². The summed E-state index contributed by atoms with van der Waals surface area (Å²) in [6.07, 6.45) is 0.309. The van der Waals surface area contributed by atoms with Gasteiger partial charge >= 0.3 is 6.09 Å². The zero-order valence-corrected chi connectivity index (χ0v) is 14.6. The van der Waals surface area contributed by atoms with Crippen LogP contribution in [0.2, 0.25) is 0 Å². The van der Waals surface area contributed by atoms with Crippen molar-refractivity contribution in [2.45, 2.75) is 53.6 Å². The van der Waals surface area contributed by atoms with Crippen molar-refractivity contribution >= 4 is 11.8 Å². The van der Waals surface area contributed by atoms with Crippen molar-refractivity contribution < 1.29 is 14.6 Å². The second kappa shape index (κ2) is 7.14. The van der Waals surface area contributed by atoms with E-state index in [2.05, 4.69) is 26.1 Å². The Morgan fingerprint density at radius 1 is 1.23 bits per heavy atom. The largest absolute Gasteiger partial charge is 0.444 e. The second-order valence-corrected chi connectivity index (χ2v) is 7.78. The van der Waals surface area contributed by atoms with E-state index in [1.807, 2.05) is 45.0 Å². The third-order valence-corrected chi connectivity index (χ3v) is 3.50. The molecule has 0 aliphatic heterocycles. The molecule has 1 atom stereocenters. The lowest BCUT2D eigenvalue weighted by atomic mass is 9.78. The Bertz CT molecular complexity index is 498. The lowest BCUT2D eigenvalue weighted by Crippen LogP contribution is -2.27. The standard InChI is InChI=1S/C18H29NO3/c1-17(2,3)14(12-20)10-13-8-7-9-15(11-13)19-16(21)22-18(4,5)6/h7-9,11,14,20H,10,12H2,1-6H3,(H,19,21). The molecule has 1 amide bonds. The Morgan fingerprint density at radius 3 is 2.36 bits per heavy atom. The van der Waals surface area contributed by atoms with Crippen LogP contribution in [0.1, 0.15) is 47.1 Å². The van der Waals surface area contributed by atoms with E-state index in [4.69, 9.17) is 4.74 Å². The summed E-state index contributed by atoms with van der Waals surface area (Å²) in [5, 5.41) is 12.3. The lowest BCUT2D eigenvalue weighted by molar-refractivity contribution is 0.0636. The van der Waals surface area contributed by atoms with Gasteiger partial charge in [-0.2, -0.15) is 0 Å². The van der Waals surface area contributed by atoms with Crippen molar-refractivity contribution in [2.75, 3.05) is 11.9 Å². The minimum atomic E-state index is -0.518. The van der Waals surface area contributed by atoms with Gasteiger partial charge < -0.3 is 9.84 Å². The maximum Gasteiger partial charge on any atom is 0.412 e. The molecule has 4 heteroatoms. The molecule has 124 valence electrons. The molecule has 0 heterocycles. The highest BCUT2D eigenvalue weighted by Gasteiger charge is 2.24. The van der Waals surface area contributed by atoms with E-state index >= 15 is 0 Å². The number of aliphatic hydroxyl groups is 1. The van der Waals surface area contributed by atoms with Crippen LogP contribution in [-0.4, -0.2) is 23.4 Å². The molecule has 1 aromatic rings. The first-order chi connectivity index (χ1) is 10.0. The summed E-state index contributed by atoms with van der Waals surface area (Å²) >= 11 is 0. The van der Waals surface area contributed by atoms with Crippen molar-refractivity contribution in [3.63, 3.8) is 0 Å². The molecule has 2 N–H and O–H groups in total. The van der Waals surface area contributed by atoms with E-state index in [0.29, 0.717) is 5.69 Å². The fourth-order valence-electron chi connectivity index (χ4n) is 2.13. The van der Waals surface area contributed by atoms with Crippen molar-refractivity contribution in [3.8, 4) is 0 Å². The van der Waals surface area contributed by atoms with Gasteiger partial charge in [0.2, 0.25) is 0 Å². The third-order valence-electron chi connectivity index (χ3n) is 3.50. The number of rotatable bonds is 4. The molecule has 4 nitrogen and oxygen atoms in total. The summed E-state index contributed by atoms with van der Waals surface area (Å²) in [4.78, 5) is 11.8. The summed E-state index contributed by atoms with van der Waals surface area (Å²) in [6, 6.07) is 7.67. The van der Waals surface area contributed by atoms with Crippen LogP contribution in [0.5, 0.6) is 0 Å². The SMILES string of the molecule is CC(C)(C)OC(=O)Nc1cccc(CC(CO)C(C)(C)C)c1. The van der Waals surface area contributed by atoms with Crippen LogP contribution in [0.3, 0.4) is 0 Å². The van der Waals surface area contributed by atoms with Gasteiger partial charge in [0.1, 0.15) is 5.60 Å². The number of anilines is 1. The van der Waals surface area contributed by atoms with E-state index in [9.17, 15) is 9.90 Å². The van der Waals surface area contributed by atoms with Crippen molar-refractivity contribution in [2.24, 2.45) is 11.3 Å². The number of aliphatic hydroxyl groups excluding tert-OH is 1. The fraction of sp³-hybridized carbons (Fsp3) is 0.611. The Hall–Kier alpha value is -1.55. The van der Waals surface area contributed by atoms with Gasteiger partial charge in [-0.3, -0.25) is 5.32 Å². The summed E-state index contributed by atoms with van der Waals surface area (Å²) < 4.78 is 5.25. The minimum absolute atomic E-state index is 0.0311. The minimum Gasteiger partial charge on any atom is -0.444 e. The van der Waals surface area contributed by atoms with Crippen LogP contribution in [0.25, 0.3) is 0 Å². The molecule has 22 heavy (non-hydrogen) atoms. The highest BCUT2D eigenvalue weighted by atomic mass is 16.6. The van der Waals surface area contributed by atoms with Gasteiger partial charge in [-0.25, -0.2) is 4.79 Å². The normalized spacial score (nSPS) is 13.6. The first-order valence-corrected chi connectivity index (χ1v) is 7.71. The number of benzene rings is 1. The van der Waals surface area contributed by atoms with Crippen LogP contribution in [-0.2, 0) is 11.2 Å². The average Bonchev–Trinajstić information content (AvgIpc) is 2.32. The van der Waals surface area contributed by atoms with Gasteiger partial charge in [0, 0.05) is 12.3 Å². The van der Waals surface area contributed by atoms with E-state index in [1.165, 1.54) is 0 Å². The zero-order chi connectivity index (χ0) is 17.0. The van der Waals surface area contributed by atoms with Gasteiger partial charge in [0.15, 0.2) is 0 Å². The average molecular weight is 307 g/mol. The summed E-state index contributed by atoms with van der Waals surface area (Å²) in [5.41, 5.74) is 1.30. The van der Waals surface area contributed by atoms with Crippen LogP contribution in [0, 0.1) is 11.3 Å². The summed E-state index contributed by atoms with van der Waals surface area (Å²) in [5.74, 6) is 0.171. The Labute approximate surface area is 133 Å². The Balaban J connectivity index is 2.76. The van der Waals surface area contributed by atoms with Gasteiger partial charge in [-0.15, -0.1) is 0 Å². The molecule has 1 aromatic carbocycles. The topological polar surface area (TPSA) is 58.6 Å². The van der Waals surface area contributed by atoms with Crippen molar-refractivity contribution in [1.82, 2.24) is 0 Å². The number of nitrogens with one attached hydrogen (secondary N) is 1. The number of hydrogen-bond acceptors (Lipinski definition) is 3. The summed E-state index contributed by atoms with van der Waals surface area (Å²) in [7, 11) is 0. The molecule has 0 aliphatic rings.